The number of anilines is 1. The van der Waals surface area contributed by atoms with Crippen LogP contribution in [0, 0.1) is 10.8 Å². The van der Waals surface area contributed by atoms with Gasteiger partial charge in [0, 0.05) is 18.9 Å². The molecule has 10 heteroatoms. The van der Waals surface area contributed by atoms with E-state index in [-0.39, 0.29) is 42.7 Å². The number of nitrogens with one attached hydrogen (secondary N) is 4. The molecular weight excluding hydrogens is 422 g/mol. The molecule has 4 N–H and O–H groups in total. The Morgan fingerprint density at radius 3 is 2.52 bits per heavy atom. The fraction of sp³-hybridized carbons (Fsp3) is 0.391. The van der Waals surface area contributed by atoms with E-state index in [2.05, 4.69) is 15.6 Å². The zero-order valence-electron chi connectivity index (χ0n) is 19.2. The molecule has 0 radical (unpaired) electrons. The van der Waals surface area contributed by atoms with Gasteiger partial charge in [-0.3, -0.25) is 23.9 Å². The van der Waals surface area contributed by atoms with E-state index in [1.54, 1.807) is 6.92 Å². The number of carbonyl (C=O) groups is 2. The topological polar surface area (TPSA) is 144 Å². The van der Waals surface area contributed by atoms with E-state index >= 15 is 0 Å². The summed E-state index contributed by atoms with van der Waals surface area (Å²) in [6.07, 6.45) is 3.15. The SMILES string of the molecule is CCC(C(=O)NCC(=O)CN(C)Cc1ccccc1)n1ccnc(NCC(=N)C(C)=N)c1=O. The third-order valence-electron chi connectivity index (χ3n) is 4.98. The van der Waals surface area contributed by atoms with Crippen LogP contribution in [0.2, 0.25) is 0 Å². The number of benzene rings is 1. The summed E-state index contributed by atoms with van der Waals surface area (Å²) in [5, 5.41) is 20.5. The summed E-state index contributed by atoms with van der Waals surface area (Å²) in [6.45, 7) is 3.92. The predicted molar refractivity (Wildman–Crippen MR) is 128 cm³/mol. The average molecular weight is 454 g/mol. The van der Waals surface area contributed by atoms with Crippen LogP contribution in [-0.4, -0.2) is 64.2 Å². The molecule has 0 spiro atoms. The lowest BCUT2D eigenvalue weighted by Gasteiger charge is -2.19. The number of ketones is 1. The summed E-state index contributed by atoms with van der Waals surface area (Å²) in [7, 11) is 1.84. The maximum Gasteiger partial charge on any atom is 0.294 e. The minimum absolute atomic E-state index is 0.00615. The van der Waals surface area contributed by atoms with Crippen LogP contribution in [0.1, 0.15) is 31.9 Å². The van der Waals surface area contributed by atoms with E-state index in [0.29, 0.717) is 13.0 Å². The van der Waals surface area contributed by atoms with E-state index in [4.69, 9.17) is 10.8 Å². The standard InChI is InChI=1S/C23H31N7O3/c1-4-20(30-11-10-26-21(23(30)33)27-13-19(25)16(2)24)22(32)28-12-18(31)15-29(3)14-17-8-6-5-7-9-17/h5-11,20,24-25H,4,12-15H2,1-3H3,(H,26,27)(H,28,32). The Kier molecular flexibility index (Phi) is 9.62. The number of likely N-dealkylation sites (N-methyl/N-ethyl adjacent to an activating group) is 1. The third kappa shape index (κ3) is 7.76. The second kappa shape index (κ2) is 12.4. The Labute approximate surface area is 193 Å². The zero-order valence-corrected chi connectivity index (χ0v) is 19.2. The van der Waals surface area contributed by atoms with Crippen LogP contribution in [0.5, 0.6) is 0 Å². The van der Waals surface area contributed by atoms with Crippen molar-refractivity contribution >= 4 is 28.9 Å². The van der Waals surface area contributed by atoms with Gasteiger partial charge >= 0.3 is 0 Å². The van der Waals surface area contributed by atoms with Crippen LogP contribution >= 0.6 is 0 Å². The van der Waals surface area contributed by atoms with Crippen molar-refractivity contribution in [1.29, 1.82) is 10.8 Å². The lowest BCUT2D eigenvalue weighted by Crippen LogP contribution is -2.41. The molecule has 2 aromatic rings. The molecule has 33 heavy (non-hydrogen) atoms. The number of hydrogen-bond acceptors (Lipinski definition) is 8. The molecular formula is C23H31N7O3. The lowest BCUT2D eigenvalue weighted by atomic mass is 10.2. The predicted octanol–water partition coefficient (Wildman–Crippen LogP) is 1.48. The molecule has 0 saturated carbocycles. The van der Waals surface area contributed by atoms with E-state index < -0.39 is 17.5 Å². The Balaban J connectivity index is 1.95. The number of amides is 1. The highest BCUT2D eigenvalue weighted by atomic mass is 16.2. The van der Waals surface area contributed by atoms with Gasteiger partial charge in [0.1, 0.15) is 6.04 Å². The molecule has 1 unspecified atom stereocenters. The van der Waals surface area contributed by atoms with Gasteiger partial charge in [0.2, 0.25) is 5.91 Å². The van der Waals surface area contributed by atoms with E-state index in [1.165, 1.54) is 23.9 Å². The normalized spacial score (nSPS) is 11.6. The molecule has 0 saturated heterocycles. The van der Waals surface area contributed by atoms with Crippen LogP contribution in [-0.2, 0) is 16.1 Å². The highest BCUT2D eigenvalue weighted by molar-refractivity contribution is 6.40. The van der Waals surface area contributed by atoms with Gasteiger partial charge in [-0.05, 0) is 26.0 Å². The summed E-state index contributed by atoms with van der Waals surface area (Å²) in [6, 6.07) is 8.98. The number of Topliss-reactive ketones (excluding diaryl/α,β-unsaturated/α-hetero) is 1. The Bertz CT molecular complexity index is 1050. The van der Waals surface area contributed by atoms with Crippen molar-refractivity contribution in [2.24, 2.45) is 0 Å². The molecule has 1 aromatic carbocycles. The van der Waals surface area contributed by atoms with E-state index in [1.807, 2.05) is 42.3 Å². The largest absolute Gasteiger partial charge is 0.360 e. The number of hydrogen-bond donors (Lipinski definition) is 4. The summed E-state index contributed by atoms with van der Waals surface area (Å²) in [4.78, 5) is 43.7. The van der Waals surface area contributed by atoms with Crippen LogP contribution in [0.4, 0.5) is 5.82 Å². The maximum absolute atomic E-state index is 12.8. The molecule has 0 bridgehead atoms. The third-order valence-corrected chi connectivity index (χ3v) is 4.98. The number of rotatable bonds is 13. The van der Waals surface area contributed by atoms with Crippen molar-refractivity contribution < 1.29 is 9.59 Å². The molecule has 176 valence electrons. The van der Waals surface area contributed by atoms with E-state index in [9.17, 15) is 14.4 Å². The average Bonchev–Trinajstić information content (AvgIpc) is 2.78. The van der Waals surface area contributed by atoms with Gasteiger partial charge in [-0.2, -0.15) is 0 Å². The minimum Gasteiger partial charge on any atom is -0.360 e. The first-order valence-corrected chi connectivity index (χ1v) is 10.7. The molecule has 0 aliphatic rings. The second-order valence-electron chi connectivity index (χ2n) is 7.78. The molecule has 2 rings (SSSR count). The van der Waals surface area contributed by atoms with Gasteiger partial charge in [-0.15, -0.1) is 0 Å². The van der Waals surface area contributed by atoms with E-state index in [0.717, 1.165) is 5.56 Å². The fourth-order valence-electron chi connectivity index (χ4n) is 3.22. The minimum atomic E-state index is -0.806. The van der Waals surface area contributed by atoms with Crippen molar-refractivity contribution in [3.05, 3.63) is 58.6 Å². The Morgan fingerprint density at radius 1 is 1.18 bits per heavy atom. The van der Waals surface area contributed by atoms with Crippen LogP contribution in [0.25, 0.3) is 0 Å². The molecule has 1 amide bonds. The van der Waals surface area contributed by atoms with Crippen molar-refractivity contribution in [3.63, 3.8) is 0 Å². The highest BCUT2D eigenvalue weighted by Crippen LogP contribution is 2.10. The fourth-order valence-corrected chi connectivity index (χ4v) is 3.22. The van der Waals surface area contributed by atoms with Gasteiger partial charge < -0.3 is 21.5 Å². The first-order chi connectivity index (χ1) is 15.7. The smallest absolute Gasteiger partial charge is 0.294 e. The summed E-state index contributed by atoms with van der Waals surface area (Å²) in [5.74, 6) is -0.575. The van der Waals surface area contributed by atoms with Crippen molar-refractivity contribution in [2.45, 2.75) is 32.9 Å². The molecule has 0 aliphatic carbocycles. The molecule has 1 heterocycles. The molecule has 0 fully saturated rings. The first-order valence-electron chi connectivity index (χ1n) is 10.7. The van der Waals surface area contributed by atoms with Crippen LogP contribution < -0.4 is 16.2 Å². The molecule has 10 nitrogen and oxygen atoms in total. The molecule has 0 aliphatic heterocycles. The first kappa shape index (κ1) is 25.6. The Morgan fingerprint density at radius 2 is 1.88 bits per heavy atom. The zero-order chi connectivity index (χ0) is 24.4. The molecule has 1 atom stereocenters. The van der Waals surface area contributed by atoms with Crippen LogP contribution in [0.15, 0.2) is 47.5 Å². The number of nitrogens with zero attached hydrogens (tertiary/aromatic N) is 3. The van der Waals surface area contributed by atoms with Gasteiger partial charge in [-0.25, -0.2) is 4.98 Å². The molecule has 1 aromatic heterocycles. The second-order valence-corrected chi connectivity index (χ2v) is 7.78. The summed E-state index contributed by atoms with van der Waals surface area (Å²) >= 11 is 0. The quantitative estimate of drug-likeness (QED) is 0.338. The Hall–Kier alpha value is -3.66. The van der Waals surface area contributed by atoms with Gasteiger partial charge in [-0.1, -0.05) is 37.3 Å². The summed E-state index contributed by atoms with van der Waals surface area (Å²) in [5.41, 5.74) is 0.704. The van der Waals surface area contributed by atoms with Crippen molar-refractivity contribution in [2.75, 3.05) is 32.0 Å². The van der Waals surface area contributed by atoms with Crippen molar-refractivity contribution in [3.8, 4) is 0 Å². The van der Waals surface area contributed by atoms with Gasteiger partial charge in [0.05, 0.1) is 31.1 Å². The van der Waals surface area contributed by atoms with Gasteiger partial charge in [0.15, 0.2) is 11.6 Å². The maximum atomic E-state index is 12.8. The monoisotopic (exact) mass is 453 g/mol. The number of aromatic nitrogens is 2. The van der Waals surface area contributed by atoms with Crippen molar-refractivity contribution in [1.82, 2.24) is 19.8 Å². The lowest BCUT2D eigenvalue weighted by molar-refractivity contribution is -0.127. The number of carbonyl (C=O) groups excluding carboxylic acids is 2. The van der Waals surface area contributed by atoms with Crippen LogP contribution in [0.3, 0.4) is 0 Å². The van der Waals surface area contributed by atoms with Gasteiger partial charge in [0.25, 0.3) is 5.56 Å². The highest BCUT2D eigenvalue weighted by Gasteiger charge is 2.21. The summed E-state index contributed by atoms with van der Waals surface area (Å²) < 4.78 is 1.26.